The lowest BCUT2D eigenvalue weighted by Crippen LogP contribution is -2.27. The van der Waals surface area contributed by atoms with Crippen molar-refractivity contribution in [2.75, 3.05) is 6.61 Å². The number of carbonyl (C=O) groups excluding carboxylic acids is 1. The number of unbranched alkanes of at least 4 members (excludes halogenated alkanes) is 19. The molecule has 31 heavy (non-hydrogen) atoms. The van der Waals surface area contributed by atoms with Crippen molar-refractivity contribution in [2.24, 2.45) is 5.41 Å². The van der Waals surface area contributed by atoms with Gasteiger partial charge in [-0.2, -0.15) is 0 Å². The van der Waals surface area contributed by atoms with E-state index >= 15 is 0 Å². The summed E-state index contributed by atoms with van der Waals surface area (Å²) in [4.78, 5) is 22.8. The highest BCUT2D eigenvalue weighted by molar-refractivity contribution is 6.02. The fraction of sp³-hybridized carbons (Fsp3) is 0.926. The lowest BCUT2D eigenvalue weighted by molar-refractivity contribution is -0.161. The molecule has 0 heterocycles. The maximum atomic E-state index is 11.8. The van der Waals surface area contributed by atoms with Crippen LogP contribution < -0.4 is 0 Å². The SMILES string of the molecule is CCCCCCCCCCCCCCCCCCCCCCOC(=O)C1(C(=O)O)CC1. The number of carbonyl (C=O) groups is 2. The Morgan fingerprint density at radius 2 is 0.935 bits per heavy atom. The standard InChI is InChI=1S/C27H50O4/c1-2-3-4-5-6-7-8-9-10-11-12-13-14-15-16-17-18-19-20-21-24-31-26(30)27(22-23-27)25(28)29/h2-24H2,1H3,(H,28,29). The van der Waals surface area contributed by atoms with Gasteiger partial charge in [0.1, 0.15) is 0 Å². The second kappa shape index (κ2) is 18.5. The number of carboxylic acids is 1. The average molecular weight is 439 g/mol. The molecule has 1 N–H and O–H groups in total. The van der Waals surface area contributed by atoms with Gasteiger partial charge in [0.2, 0.25) is 0 Å². The van der Waals surface area contributed by atoms with Gasteiger partial charge < -0.3 is 9.84 Å². The van der Waals surface area contributed by atoms with E-state index in [9.17, 15) is 9.59 Å². The molecule has 0 unspecified atom stereocenters. The van der Waals surface area contributed by atoms with Crippen molar-refractivity contribution in [3.8, 4) is 0 Å². The van der Waals surface area contributed by atoms with Crippen molar-refractivity contribution in [3.05, 3.63) is 0 Å². The van der Waals surface area contributed by atoms with Crippen LogP contribution in [0.3, 0.4) is 0 Å². The maximum absolute atomic E-state index is 11.8. The summed E-state index contributed by atoms with van der Waals surface area (Å²) in [6, 6.07) is 0. The summed E-state index contributed by atoms with van der Waals surface area (Å²) in [5.74, 6) is -1.56. The molecule has 0 spiro atoms. The summed E-state index contributed by atoms with van der Waals surface area (Å²) in [5, 5.41) is 9.04. The van der Waals surface area contributed by atoms with E-state index in [0.717, 1.165) is 12.8 Å². The number of esters is 1. The van der Waals surface area contributed by atoms with E-state index < -0.39 is 17.4 Å². The molecule has 0 radical (unpaired) electrons. The smallest absolute Gasteiger partial charge is 0.323 e. The first kappa shape index (κ1) is 28.0. The van der Waals surface area contributed by atoms with Crippen LogP contribution in [0.25, 0.3) is 0 Å². The zero-order chi connectivity index (χ0) is 22.6. The van der Waals surface area contributed by atoms with E-state index in [1.165, 1.54) is 116 Å². The van der Waals surface area contributed by atoms with Crippen molar-refractivity contribution >= 4 is 11.9 Å². The van der Waals surface area contributed by atoms with Gasteiger partial charge >= 0.3 is 11.9 Å². The van der Waals surface area contributed by atoms with Crippen molar-refractivity contribution in [1.29, 1.82) is 0 Å². The van der Waals surface area contributed by atoms with Crippen LogP contribution in [0.1, 0.15) is 148 Å². The second-order valence-corrected chi connectivity index (χ2v) is 9.74. The van der Waals surface area contributed by atoms with E-state index in [1.54, 1.807) is 0 Å². The van der Waals surface area contributed by atoms with E-state index in [1.807, 2.05) is 0 Å². The normalized spacial score (nSPS) is 14.5. The van der Waals surface area contributed by atoms with Crippen LogP contribution in [0, 0.1) is 5.41 Å². The third kappa shape index (κ3) is 13.9. The van der Waals surface area contributed by atoms with Gasteiger partial charge in [-0.15, -0.1) is 0 Å². The maximum Gasteiger partial charge on any atom is 0.323 e. The predicted molar refractivity (Wildman–Crippen MR) is 128 cm³/mol. The Morgan fingerprint density at radius 3 is 1.23 bits per heavy atom. The Kier molecular flexibility index (Phi) is 16.7. The Labute approximate surface area is 191 Å². The third-order valence-electron chi connectivity index (χ3n) is 6.78. The Bertz CT molecular complexity index is 456. The lowest BCUT2D eigenvalue weighted by atomic mass is 10.0. The van der Waals surface area contributed by atoms with Crippen LogP contribution >= 0.6 is 0 Å². The molecule has 0 aliphatic heterocycles. The Hall–Kier alpha value is -1.06. The molecule has 0 saturated heterocycles. The number of hydrogen-bond acceptors (Lipinski definition) is 3. The molecule has 1 aliphatic carbocycles. The predicted octanol–water partition coefficient (Wildman–Crippen LogP) is 8.22. The molecule has 1 fully saturated rings. The van der Waals surface area contributed by atoms with E-state index in [0.29, 0.717) is 19.4 Å². The van der Waals surface area contributed by atoms with Crippen LogP contribution in [0.2, 0.25) is 0 Å². The van der Waals surface area contributed by atoms with Gasteiger partial charge in [0.05, 0.1) is 6.61 Å². The number of ether oxygens (including phenoxy) is 1. The van der Waals surface area contributed by atoms with E-state index in [-0.39, 0.29) is 0 Å². The van der Waals surface area contributed by atoms with Crippen LogP contribution in [-0.4, -0.2) is 23.7 Å². The van der Waals surface area contributed by atoms with Crippen LogP contribution in [0.5, 0.6) is 0 Å². The number of rotatable bonds is 23. The van der Waals surface area contributed by atoms with Crippen LogP contribution in [0.15, 0.2) is 0 Å². The lowest BCUT2D eigenvalue weighted by Gasteiger charge is -2.09. The molecule has 0 aromatic heterocycles. The summed E-state index contributed by atoms with van der Waals surface area (Å²) >= 11 is 0. The average Bonchev–Trinajstić information content (AvgIpc) is 3.57. The summed E-state index contributed by atoms with van der Waals surface area (Å²) in [5.41, 5.74) is -1.20. The van der Waals surface area contributed by atoms with Crippen molar-refractivity contribution in [1.82, 2.24) is 0 Å². The minimum atomic E-state index is -1.20. The zero-order valence-corrected chi connectivity index (χ0v) is 20.4. The fourth-order valence-electron chi connectivity index (χ4n) is 4.29. The third-order valence-corrected chi connectivity index (χ3v) is 6.78. The fourth-order valence-corrected chi connectivity index (χ4v) is 4.29. The molecule has 4 heteroatoms. The zero-order valence-electron chi connectivity index (χ0n) is 20.4. The topological polar surface area (TPSA) is 63.6 Å². The van der Waals surface area contributed by atoms with Gasteiger partial charge in [-0.25, -0.2) is 0 Å². The minimum absolute atomic E-state index is 0.368. The number of hydrogen-bond donors (Lipinski definition) is 1. The summed E-state index contributed by atoms with van der Waals surface area (Å²) in [6.07, 6.45) is 27.7. The van der Waals surface area contributed by atoms with Gasteiger partial charge in [0.25, 0.3) is 0 Å². The first-order valence-electron chi connectivity index (χ1n) is 13.5. The molecular formula is C27H50O4. The minimum Gasteiger partial charge on any atom is -0.480 e. The van der Waals surface area contributed by atoms with Gasteiger partial charge in [0, 0.05) is 0 Å². The van der Waals surface area contributed by atoms with E-state index in [2.05, 4.69) is 6.92 Å². The quantitative estimate of drug-likeness (QED) is 0.0991. The molecular weight excluding hydrogens is 388 g/mol. The monoisotopic (exact) mass is 438 g/mol. The number of aliphatic carboxylic acids is 1. The van der Waals surface area contributed by atoms with Crippen molar-refractivity contribution in [2.45, 2.75) is 148 Å². The summed E-state index contributed by atoms with van der Waals surface area (Å²) < 4.78 is 5.15. The van der Waals surface area contributed by atoms with Crippen LogP contribution in [-0.2, 0) is 14.3 Å². The van der Waals surface area contributed by atoms with Gasteiger partial charge in [-0.3, -0.25) is 9.59 Å². The summed E-state index contributed by atoms with van der Waals surface area (Å²) in [6.45, 7) is 2.65. The van der Waals surface area contributed by atoms with Crippen molar-refractivity contribution in [3.63, 3.8) is 0 Å². The van der Waals surface area contributed by atoms with Crippen LogP contribution in [0.4, 0.5) is 0 Å². The molecule has 182 valence electrons. The molecule has 1 aliphatic rings. The van der Waals surface area contributed by atoms with Gasteiger partial charge in [0.15, 0.2) is 5.41 Å². The van der Waals surface area contributed by atoms with Gasteiger partial charge in [-0.05, 0) is 19.3 Å². The first-order valence-corrected chi connectivity index (χ1v) is 13.5. The molecule has 4 nitrogen and oxygen atoms in total. The molecule has 0 bridgehead atoms. The number of carboxylic acid groups (broad SMARTS) is 1. The molecule has 0 amide bonds. The van der Waals surface area contributed by atoms with Crippen molar-refractivity contribution < 1.29 is 19.4 Å². The van der Waals surface area contributed by atoms with Gasteiger partial charge in [-0.1, -0.05) is 129 Å². The molecule has 0 atom stereocenters. The first-order chi connectivity index (χ1) is 15.1. The highest BCUT2D eigenvalue weighted by Crippen LogP contribution is 2.47. The summed E-state index contributed by atoms with van der Waals surface area (Å²) in [7, 11) is 0. The molecule has 1 rings (SSSR count). The molecule has 1 saturated carbocycles. The Balaban J connectivity index is 1.70. The highest BCUT2D eigenvalue weighted by Gasteiger charge is 2.58. The molecule has 0 aromatic rings. The largest absolute Gasteiger partial charge is 0.480 e. The second-order valence-electron chi connectivity index (χ2n) is 9.74. The van der Waals surface area contributed by atoms with E-state index in [4.69, 9.17) is 9.84 Å². The Morgan fingerprint density at radius 1 is 0.613 bits per heavy atom. The molecule has 0 aromatic carbocycles. The highest BCUT2D eigenvalue weighted by atomic mass is 16.5.